The number of ether oxygens (including phenoxy) is 1. The second kappa shape index (κ2) is 8.56. The Balaban J connectivity index is 1.89. The van der Waals surface area contributed by atoms with Crippen LogP contribution in [0.4, 0.5) is 5.13 Å². The van der Waals surface area contributed by atoms with Crippen LogP contribution in [0.5, 0.6) is 0 Å². The monoisotopic (exact) mass is 364 g/mol. The van der Waals surface area contributed by atoms with Crippen LogP contribution in [0.3, 0.4) is 0 Å². The molecule has 2 aromatic carbocycles. The quantitative estimate of drug-likeness (QED) is 0.566. The van der Waals surface area contributed by atoms with Crippen molar-refractivity contribution in [3.63, 3.8) is 0 Å². The van der Waals surface area contributed by atoms with E-state index in [1.807, 2.05) is 60.0 Å². The molecule has 4 nitrogen and oxygen atoms in total. The number of aromatic nitrogens is 1. The van der Waals surface area contributed by atoms with Gasteiger partial charge in [-0.3, -0.25) is 9.69 Å². The molecule has 0 spiro atoms. The maximum absolute atomic E-state index is 13.0. The number of carbonyl (C=O) groups is 1. The van der Waals surface area contributed by atoms with Crippen molar-refractivity contribution in [3.8, 4) is 11.3 Å². The fourth-order valence-corrected chi connectivity index (χ4v) is 3.46. The van der Waals surface area contributed by atoms with Crippen LogP contribution in [-0.2, 0) is 11.3 Å². The van der Waals surface area contributed by atoms with Crippen molar-refractivity contribution in [2.75, 3.05) is 18.6 Å². The molecular weight excluding hydrogens is 344 g/mol. The number of anilines is 1. The van der Waals surface area contributed by atoms with Crippen LogP contribution in [0.1, 0.15) is 15.9 Å². The molecule has 0 bridgehead atoms. The van der Waals surface area contributed by atoms with E-state index in [0.717, 1.165) is 16.8 Å². The topological polar surface area (TPSA) is 42.4 Å². The van der Waals surface area contributed by atoms with Gasteiger partial charge in [-0.15, -0.1) is 17.9 Å². The molecular formula is C21H20N2O2S. The first-order valence-corrected chi connectivity index (χ1v) is 9.12. The first-order chi connectivity index (χ1) is 12.7. The lowest BCUT2D eigenvalue weighted by atomic mass is 10.1. The van der Waals surface area contributed by atoms with E-state index in [1.54, 1.807) is 18.1 Å². The molecule has 0 saturated carbocycles. The molecule has 0 unspecified atom stereocenters. The van der Waals surface area contributed by atoms with Crippen LogP contribution in [0.25, 0.3) is 11.3 Å². The van der Waals surface area contributed by atoms with Gasteiger partial charge in [0, 0.05) is 30.2 Å². The molecule has 1 heterocycles. The van der Waals surface area contributed by atoms with Gasteiger partial charge in [0.25, 0.3) is 5.91 Å². The minimum absolute atomic E-state index is 0.100. The molecule has 1 amide bonds. The van der Waals surface area contributed by atoms with E-state index in [2.05, 4.69) is 11.6 Å². The minimum atomic E-state index is -0.100. The molecule has 0 N–H and O–H groups in total. The van der Waals surface area contributed by atoms with Crippen molar-refractivity contribution >= 4 is 22.4 Å². The van der Waals surface area contributed by atoms with Crippen molar-refractivity contribution in [1.82, 2.24) is 4.98 Å². The SMILES string of the molecule is C=CCN(C(=O)c1cccc(COC)c1)c1nc(-c2ccccc2)cs1. The summed E-state index contributed by atoms with van der Waals surface area (Å²) in [7, 11) is 1.64. The molecule has 0 fully saturated rings. The van der Waals surface area contributed by atoms with E-state index in [-0.39, 0.29) is 5.91 Å². The highest BCUT2D eigenvalue weighted by molar-refractivity contribution is 7.14. The smallest absolute Gasteiger partial charge is 0.260 e. The average Bonchev–Trinajstić information content (AvgIpc) is 3.17. The maximum atomic E-state index is 13.0. The van der Waals surface area contributed by atoms with E-state index in [1.165, 1.54) is 11.3 Å². The normalized spacial score (nSPS) is 10.5. The largest absolute Gasteiger partial charge is 0.380 e. The molecule has 26 heavy (non-hydrogen) atoms. The summed E-state index contributed by atoms with van der Waals surface area (Å²) in [4.78, 5) is 19.3. The number of methoxy groups -OCH3 is 1. The molecule has 0 radical (unpaired) electrons. The zero-order valence-electron chi connectivity index (χ0n) is 14.6. The Morgan fingerprint density at radius 2 is 2.04 bits per heavy atom. The fourth-order valence-electron chi connectivity index (χ4n) is 2.62. The molecule has 132 valence electrons. The van der Waals surface area contributed by atoms with Crippen LogP contribution in [0.15, 0.2) is 72.6 Å². The van der Waals surface area contributed by atoms with Gasteiger partial charge in [0.15, 0.2) is 5.13 Å². The molecule has 3 aromatic rings. The van der Waals surface area contributed by atoms with Crippen molar-refractivity contribution < 1.29 is 9.53 Å². The van der Waals surface area contributed by atoms with Crippen LogP contribution in [0, 0.1) is 0 Å². The standard InChI is InChI=1S/C21H20N2O2S/c1-3-12-23(20(24)18-11-7-8-16(13-18)14-25-2)21-22-19(15-26-21)17-9-5-4-6-10-17/h3-11,13,15H,1,12,14H2,2H3. The number of amides is 1. The van der Waals surface area contributed by atoms with E-state index in [0.29, 0.717) is 23.8 Å². The highest BCUT2D eigenvalue weighted by Gasteiger charge is 2.20. The summed E-state index contributed by atoms with van der Waals surface area (Å²) < 4.78 is 5.16. The lowest BCUT2D eigenvalue weighted by Crippen LogP contribution is -2.31. The molecule has 0 saturated heterocycles. The van der Waals surface area contributed by atoms with Gasteiger partial charge in [0.2, 0.25) is 0 Å². The van der Waals surface area contributed by atoms with Crippen molar-refractivity contribution in [2.45, 2.75) is 6.61 Å². The Bertz CT molecular complexity index is 890. The van der Waals surface area contributed by atoms with Crippen molar-refractivity contribution in [3.05, 3.63) is 83.8 Å². The molecule has 0 atom stereocenters. The molecule has 0 aliphatic heterocycles. The van der Waals surface area contributed by atoms with Gasteiger partial charge in [-0.05, 0) is 17.7 Å². The Morgan fingerprint density at radius 3 is 2.77 bits per heavy atom. The number of hydrogen-bond acceptors (Lipinski definition) is 4. The van der Waals surface area contributed by atoms with Gasteiger partial charge in [0.1, 0.15) is 0 Å². The maximum Gasteiger partial charge on any atom is 0.260 e. The highest BCUT2D eigenvalue weighted by Crippen LogP contribution is 2.28. The van der Waals surface area contributed by atoms with Gasteiger partial charge in [-0.2, -0.15) is 0 Å². The predicted octanol–water partition coefficient (Wildman–Crippen LogP) is 4.79. The van der Waals surface area contributed by atoms with Crippen molar-refractivity contribution in [2.24, 2.45) is 0 Å². The van der Waals surface area contributed by atoms with Gasteiger partial charge in [0.05, 0.1) is 12.3 Å². The average molecular weight is 364 g/mol. The fraction of sp³-hybridized carbons (Fsp3) is 0.143. The van der Waals surface area contributed by atoms with E-state index >= 15 is 0 Å². The number of hydrogen-bond donors (Lipinski definition) is 0. The summed E-state index contributed by atoms with van der Waals surface area (Å²) in [5.41, 5.74) is 3.46. The zero-order chi connectivity index (χ0) is 18.4. The van der Waals surface area contributed by atoms with Crippen LogP contribution < -0.4 is 4.90 Å². The number of rotatable bonds is 7. The van der Waals surface area contributed by atoms with Gasteiger partial charge in [-0.25, -0.2) is 4.98 Å². The second-order valence-corrected chi connectivity index (χ2v) is 6.56. The second-order valence-electron chi connectivity index (χ2n) is 5.72. The third-order valence-corrected chi connectivity index (χ3v) is 4.70. The summed E-state index contributed by atoms with van der Waals surface area (Å²) in [5, 5.41) is 2.63. The summed E-state index contributed by atoms with van der Waals surface area (Å²) >= 11 is 1.45. The van der Waals surface area contributed by atoms with E-state index in [4.69, 9.17) is 4.74 Å². The first-order valence-electron chi connectivity index (χ1n) is 8.24. The Kier molecular flexibility index (Phi) is 5.94. The van der Waals surface area contributed by atoms with E-state index < -0.39 is 0 Å². The number of carbonyl (C=O) groups excluding carboxylic acids is 1. The van der Waals surface area contributed by atoms with Gasteiger partial charge < -0.3 is 4.74 Å². The van der Waals surface area contributed by atoms with Gasteiger partial charge >= 0.3 is 0 Å². The Hall–Kier alpha value is -2.76. The van der Waals surface area contributed by atoms with E-state index in [9.17, 15) is 4.79 Å². The molecule has 3 rings (SSSR count). The predicted molar refractivity (Wildman–Crippen MR) is 107 cm³/mol. The third-order valence-electron chi connectivity index (χ3n) is 3.83. The third kappa shape index (κ3) is 4.07. The summed E-state index contributed by atoms with van der Waals surface area (Å²) in [5.74, 6) is -0.100. The minimum Gasteiger partial charge on any atom is -0.380 e. The summed E-state index contributed by atoms with van der Waals surface area (Å²) in [6.45, 7) is 4.65. The number of benzene rings is 2. The number of thiazole rings is 1. The molecule has 5 heteroatoms. The van der Waals surface area contributed by atoms with Crippen LogP contribution >= 0.6 is 11.3 Å². The van der Waals surface area contributed by atoms with Crippen LogP contribution in [-0.4, -0.2) is 24.5 Å². The molecule has 0 aliphatic carbocycles. The van der Waals surface area contributed by atoms with Crippen molar-refractivity contribution in [1.29, 1.82) is 0 Å². The Labute approximate surface area is 157 Å². The number of nitrogens with zero attached hydrogens (tertiary/aromatic N) is 2. The highest BCUT2D eigenvalue weighted by atomic mass is 32.1. The zero-order valence-corrected chi connectivity index (χ0v) is 15.4. The first kappa shape index (κ1) is 18.0. The summed E-state index contributed by atoms with van der Waals surface area (Å²) in [6, 6.07) is 17.4. The Morgan fingerprint density at radius 1 is 1.23 bits per heavy atom. The van der Waals surface area contributed by atoms with Gasteiger partial charge in [-0.1, -0.05) is 48.5 Å². The van der Waals surface area contributed by atoms with Crippen LogP contribution in [0.2, 0.25) is 0 Å². The molecule has 0 aliphatic rings. The summed E-state index contributed by atoms with van der Waals surface area (Å²) in [6.07, 6.45) is 1.71. The lowest BCUT2D eigenvalue weighted by molar-refractivity contribution is 0.0989. The molecule has 1 aromatic heterocycles. The lowest BCUT2D eigenvalue weighted by Gasteiger charge is -2.18.